The smallest absolute Gasteiger partial charge is 0.303 e. The van der Waals surface area contributed by atoms with Crippen LogP contribution in [0.3, 0.4) is 0 Å². The van der Waals surface area contributed by atoms with E-state index in [-0.39, 0.29) is 12.5 Å². The molecule has 0 aliphatic carbocycles. The first kappa shape index (κ1) is 17.0. The van der Waals surface area contributed by atoms with E-state index in [1.54, 1.807) is 0 Å². The number of aliphatic carboxylic acids is 1. The average Bonchev–Trinajstić information content (AvgIpc) is 2.62. The van der Waals surface area contributed by atoms with Crippen LogP contribution in [0, 0.1) is 0 Å². The number of carboxylic acids is 1. The zero-order valence-electron chi connectivity index (χ0n) is 13.9. The molecule has 2 N–H and O–H groups in total. The zero-order chi connectivity index (χ0) is 17.6. The maximum Gasteiger partial charge on any atom is 0.303 e. The summed E-state index contributed by atoms with van der Waals surface area (Å²) in [5, 5.41) is 16.4. The molecular formula is C21H21NO3. The number of rotatable bonds is 8. The molecule has 0 saturated heterocycles. The molecule has 0 heterocycles. The molecule has 0 aliphatic rings. The van der Waals surface area contributed by atoms with Crippen molar-refractivity contribution < 1.29 is 14.7 Å². The van der Waals surface area contributed by atoms with Crippen molar-refractivity contribution in [3.63, 3.8) is 0 Å². The van der Waals surface area contributed by atoms with Gasteiger partial charge in [0.25, 0.3) is 0 Å². The number of fused-ring (bicyclic) bond motifs is 3. The molecule has 3 aromatic carbocycles. The summed E-state index contributed by atoms with van der Waals surface area (Å²) >= 11 is 0. The van der Waals surface area contributed by atoms with Crippen LogP contribution in [0.2, 0.25) is 0 Å². The second-order valence-corrected chi connectivity index (χ2v) is 6.27. The Labute approximate surface area is 146 Å². The fourth-order valence-corrected chi connectivity index (χ4v) is 3.41. The fourth-order valence-electron chi connectivity index (χ4n) is 3.41. The van der Waals surface area contributed by atoms with E-state index in [9.17, 15) is 9.59 Å². The Morgan fingerprint density at radius 2 is 1.72 bits per heavy atom. The first-order valence-corrected chi connectivity index (χ1v) is 8.50. The van der Waals surface area contributed by atoms with Gasteiger partial charge in [0.05, 0.1) is 0 Å². The minimum absolute atomic E-state index is 0.0681. The van der Waals surface area contributed by atoms with Crippen molar-refractivity contribution in [2.75, 3.05) is 0 Å². The van der Waals surface area contributed by atoms with Crippen LogP contribution < -0.4 is 5.32 Å². The van der Waals surface area contributed by atoms with E-state index in [1.165, 1.54) is 27.1 Å². The molecule has 0 fully saturated rings. The highest BCUT2D eigenvalue weighted by atomic mass is 16.4. The van der Waals surface area contributed by atoms with Crippen molar-refractivity contribution in [3.8, 4) is 0 Å². The first-order valence-electron chi connectivity index (χ1n) is 8.50. The SMILES string of the molecule is O=CNC(CCCC(=O)O)Cc1cc2ccccc2c2ccccc12. The summed E-state index contributed by atoms with van der Waals surface area (Å²) in [6.07, 6.45) is 2.70. The Morgan fingerprint density at radius 1 is 1.04 bits per heavy atom. The van der Waals surface area contributed by atoms with Crippen LogP contribution >= 0.6 is 0 Å². The maximum atomic E-state index is 11.0. The molecule has 4 heteroatoms. The molecule has 0 saturated carbocycles. The van der Waals surface area contributed by atoms with E-state index in [4.69, 9.17) is 5.11 Å². The van der Waals surface area contributed by atoms with Crippen molar-refractivity contribution in [2.45, 2.75) is 31.7 Å². The van der Waals surface area contributed by atoms with Gasteiger partial charge in [0.1, 0.15) is 0 Å². The average molecular weight is 335 g/mol. The highest BCUT2D eigenvalue weighted by Gasteiger charge is 2.13. The maximum absolute atomic E-state index is 11.0. The molecule has 0 radical (unpaired) electrons. The van der Waals surface area contributed by atoms with Crippen molar-refractivity contribution in [1.29, 1.82) is 0 Å². The van der Waals surface area contributed by atoms with Crippen LogP contribution in [-0.2, 0) is 16.0 Å². The van der Waals surface area contributed by atoms with Gasteiger partial charge in [-0.2, -0.15) is 0 Å². The normalized spacial score (nSPS) is 12.2. The van der Waals surface area contributed by atoms with Gasteiger partial charge in [0.2, 0.25) is 6.41 Å². The van der Waals surface area contributed by atoms with Crippen molar-refractivity contribution in [3.05, 3.63) is 60.2 Å². The van der Waals surface area contributed by atoms with Gasteiger partial charge < -0.3 is 10.4 Å². The molecule has 1 atom stereocenters. The van der Waals surface area contributed by atoms with E-state index in [0.29, 0.717) is 25.7 Å². The van der Waals surface area contributed by atoms with Gasteiger partial charge in [0.15, 0.2) is 0 Å². The van der Waals surface area contributed by atoms with Gasteiger partial charge in [0, 0.05) is 12.5 Å². The third-order valence-electron chi connectivity index (χ3n) is 4.57. The standard InChI is InChI=1S/C21H21NO3/c23-14-22-17(7-5-11-21(24)25)13-16-12-15-6-1-2-8-18(15)20-10-4-3-9-19(16)20/h1-4,6,8-10,12,14,17H,5,7,11,13H2,(H,22,23)(H,24,25). The number of hydrogen-bond donors (Lipinski definition) is 2. The molecule has 3 aromatic rings. The van der Waals surface area contributed by atoms with Crippen LogP contribution in [-0.4, -0.2) is 23.5 Å². The van der Waals surface area contributed by atoms with Crippen LogP contribution in [0.1, 0.15) is 24.8 Å². The van der Waals surface area contributed by atoms with Gasteiger partial charge in [-0.25, -0.2) is 0 Å². The summed E-state index contributed by atoms with van der Waals surface area (Å²) < 4.78 is 0. The first-order chi connectivity index (χ1) is 12.2. The lowest BCUT2D eigenvalue weighted by Gasteiger charge is -2.18. The van der Waals surface area contributed by atoms with Crippen LogP contribution in [0.4, 0.5) is 0 Å². The second kappa shape index (κ2) is 7.79. The molecule has 0 aliphatic heterocycles. The van der Waals surface area contributed by atoms with Crippen molar-refractivity contribution in [2.24, 2.45) is 0 Å². The lowest BCUT2D eigenvalue weighted by molar-refractivity contribution is -0.137. The highest BCUT2D eigenvalue weighted by Crippen LogP contribution is 2.29. The lowest BCUT2D eigenvalue weighted by atomic mass is 9.92. The Bertz CT molecular complexity index is 904. The quantitative estimate of drug-likeness (QED) is 0.484. The lowest BCUT2D eigenvalue weighted by Crippen LogP contribution is -2.30. The predicted octanol–water partition coefficient (Wildman–Crippen LogP) is 3.91. The largest absolute Gasteiger partial charge is 0.481 e. The number of carbonyl (C=O) groups excluding carboxylic acids is 1. The molecule has 0 aromatic heterocycles. The minimum atomic E-state index is -0.805. The topological polar surface area (TPSA) is 66.4 Å². The van der Waals surface area contributed by atoms with Gasteiger partial charge in [-0.1, -0.05) is 54.6 Å². The molecule has 25 heavy (non-hydrogen) atoms. The van der Waals surface area contributed by atoms with E-state index >= 15 is 0 Å². The monoisotopic (exact) mass is 335 g/mol. The highest BCUT2D eigenvalue weighted by molar-refractivity contribution is 6.08. The molecule has 0 spiro atoms. The van der Waals surface area contributed by atoms with Gasteiger partial charge in [-0.3, -0.25) is 9.59 Å². The Morgan fingerprint density at radius 3 is 2.44 bits per heavy atom. The van der Waals surface area contributed by atoms with E-state index in [2.05, 4.69) is 35.6 Å². The Kier molecular flexibility index (Phi) is 5.29. The fraction of sp³-hybridized carbons (Fsp3) is 0.238. The van der Waals surface area contributed by atoms with E-state index < -0.39 is 5.97 Å². The molecule has 1 amide bonds. The number of nitrogens with one attached hydrogen (secondary N) is 1. The van der Waals surface area contributed by atoms with Crippen LogP contribution in [0.15, 0.2) is 54.6 Å². The Balaban J connectivity index is 1.94. The third kappa shape index (κ3) is 3.97. The van der Waals surface area contributed by atoms with Crippen molar-refractivity contribution >= 4 is 33.9 Å². The third-order valence-corrected chi connectivity index (χ3v) is 4.57. The molecular weight excluding hydrogens is 314 g/mol. The molecule has 0 bridgehead atoms. The zero-order valence-corrected chi connectivity index (χ0v) is 13.9. The summed E-state index contributed by atoms with van der Waals surface area (Å²) in [5.41, 5.74) is 1.17. The number of amides is 1. The van der Waals surface area contributed by atoms with E-state index in [0.717, 1.165) is 0 Å². The minimum Gasteiger partial charge on any atom is -0.481 e. The molecule has 4 nitrogen and oxygen atoms in total. The van der Waals surface area contributed by atoms with E-state index in [1.807, 2.05) is 24.3 Å². The van der Waals surface area contributed by atoms with Crippen LogP contribution in [0.25, 0.3) is 21.5 Å². The number of carbonyl (C=O) groups is 2. The number of carboxylic acid groups (broad SMARTS) is 1. The number of benzene rings is 3. The summed E-state index contributed by atoms with van der Waals surface area (Å²) in [4.78, 5) is 21.7. The summed E-state index contributed by atoms with van der Waals surface area (Å²) in [6, 6.07) is 18.7. The van der Waals surface area contributed by atoms with Crippen LogP contribution in [0.5, 0.6) is 0 Å². The van der Waals surface area contributed by atoms with Gasteiger partial charge in [-0.15, -0.1) is 0 Å². The summed E-state index contributed by atoms with van der Waals surface area (Å²) in [5.74, 6) is -0.805. The summed E-state index contributed by atoms with van der Waals surface area (Å²) in [6.45, 7) is 0. The Hall–Kier alpha value is -2.88. The predicted molar refractivity (Wildman–Crippen MR) is 99.6 cm³/mol. The van der Waals surface area contributed by atoms with Gasteiger partial charge in [-0.05, 0) is 46.4 Å². The van der Waals surface area contributed by atoms with Crippen molar-refractivity contribution in [1.82, 2.24) is 5.32 Å². The molecule has 128 valence electrons. The summed E-state index contributed by atoms with van der Waals surface area (Å²) in [7, 11) is 0. The number of hydrogen-bond acceptors (Lipinski definition) is 2. The van der Waals surface area contributed by atoms with Gasteiger partial charge >= 0.3 is 5.97 Å². The second-order valence-electron chi connectivity index (χ2n) is 6.27. The molecule has 3 rings (SSSR count). The molecule has 1 unspecified atom stereocenters.